The maximum Gasteiger partial charge on any atom is 0.266 e. The average molecular weight is 497 g/mol. The van der Waals surface area contributed by atoms with Crippen LogP contribution >= 0.6 is 15.9 Å². The Bertz CT molecular complexity index is 1140. The molecule has 1 aliphatic heterocycles. The molecule has 2 heterocycles. The second kappa shape index (κ2) is 9.99. The van der Waals surface area contributed by atoms with Crippen molar-refractivity contribution in [3.05, 3.63) is 75.5 Å². The topological polar surface area (TPSA) is 67.7 Å². The lowest BCUT2D eigenvalue weighted by Crippen LogP contribution is -2.49. The minimum atomic E-state index is -0.207. The summed E-state index contributed by atoms with van der Waals surface area (Å²) in [5, 5.41) is 4.46. The van der Waals surface area contributed by atoms with Gasteiger partial charge in [0.1, 0.15) is 5.75 Å². The molecule has 0 aliphatic carbocycles. The lowest BCUT2D eigenvalue weighted by atomic mass is 10.1. The minimum Gasteiger partial charge on any atom is -0.497 e. The number of halogens is 1. The fourth-order valence-corrected chi connectivity index (χ4v) is 4.03. The first kappa shape index (κ1) is 22.1. The van der Waals surface area contributed by atoms with E-state index in [0.717, 1.165) is 34.6 Å². The second-order valence-electron chi connectivity index (χ2n) is 7.61. The number of nitrogens with zero attached hydrogens (tertiary/aromatic N) is 4. The number of aromatic nitrogens is 2. The van der Waals surface area contributed by atoms with Crippen molar-refractivity contribution >= 4 is 27.5 Å². The summed E-state index contributed by atoms with van der Waals surface area (Å²) in [6, 6.07) is 18.9. The van der Waals surface area contributed by atoms with Crippen LogP contribution in [0.1, 0.15) is 6.42 Å². The predicted octanol–water partition coefficient (Wildman–Crippen LogP) is 3.42. The van der Waals surface area contributed by atoms with E-state index in [2.05, 4.69) is 32.0 Å². The number of benzene rings is 2. The Morgan fingerprint density at radius 2 is 1.78 bits per heavy atom. The van der Waals surface area contributed by atoms with Crippen molar-refractivity contribution in [2.45, 2.75) is 13.0 Å². The Labute approximate surface area is 195 Å². The van der Waals surface area contributed by atoms with Gasteiger partial charge in [-0.1, -0.05) is 34.1 Å². The molecule has 2 aromatic carbocycles. The van der Waals surface area contributed by atoms with Crippen molar-refractivity contribution in [1.82, 2.24) is 14.7 Å². The van der Waals surface area contributed by atoms with E-state index in [0.29, 0.717) is 18.8 Å². The largest absolute Gasteiger partial charge is 0.497 e. The maximum atomic E-state index is 12.8. The van der Waals surface area contributed by atoms with E-state index < -0.39 is 0 Å². The molecule has 4 rings (SSSR count). The monoisotopic (exact) mass is 496 g/mol. The minimum absolute atomic E-state index is 0.0398. The Kier molecular flexibility index (Phi) is 6.90. The second-order valence-corrected chi connectivity index (χ2v) is 8.52. The summed E-state index contributed by atoms with van der Waals surface area (Å²) in [4.78, 5) is 29.1. The van der Waals surface area contributed by atoms with Crippen LogP contribution in [0.5, 0.6) is 5.75 Å². The van der Waals surface area contributed by atoms with Crippen molar-refractivity contribution in [3.63, 3.8) is 0 Å². The number of carbonyl (C=O) groups excluding carboxylic acids is 1. The fourth-order valence-electron chi connectivity index (χ4n) is 3.76. The number of hydrogen-bond acceptors (Lipinski definition) is 5. The van der Waals surface area contributed by atoms with Crippen molar-refractivity contribution in [2.75, 3.05) is 38.2 Å². The molecule has 1 aromatic heterocycles. The van der Waals surface area contributed by atoms with Crippen molar-refractivity contribution < 1.29 is 9.53 Å². The number of anilines is 1. The number of aryl methyl sites for hydroxylation is 1. The molecule has 3 aromatic rings. The Morgan fingerprint density at radius 3 is 2.50 bits per heavy atom. The molecule has 8 heteroatoms. The predicted molar refractivity (Wildman–Crippen MR) is 128 cm³/mol. The lowest BCUT2D eigenvalue weighted by Gasteiger charge is -2.36. The quantitative estimate of drug-likeness (QED) is 0.522. The molecule has 1 aliphatic rings. The molecule has 1 amide bonds. The highest BCUT2D eigenvalue weighted by molar-refractivity contribution is 9.10. The zero-order chi connectivity index (χ0) is 22.5. The van der Waals surface area contributed by atoms with Crippen LogP contribution in [0, 0.1) is 0 Å². The molecule has 0 spiro atoms. The molecule has 0 atom stereocenters. The summed E-state index contributed by atoms with van der Waals surface area (Å²) in [6.07, 6.45) is 0.246. The maximum absolute atomic E-state index is 12.8. The third kappa shape index (κ3) is 5.19. The number of ether oxygens (including phenoxy) is 1. The van der Waals surface area contributed by atoms with Gasteiger partial charge >= 0.3 is 0 Å². The highest BCUT2D eigenvalue weighted by Gasteiger charge is 2.21. The van der Waals surface area contributed by atoms with Crippen LogP contribution in [-0.2, 0) is 11.3 Å². The smallest absolute Gasteiger partial charge is 0.266 e. The van der Waals surface area contributed by atoms with E-state index >= 15 is 0 Å². The van der Waals surface area contributed by atoms with Gasteiger partial charge in [-0.3, -0.25) is 9.59 Å². The van der Waals surface area contributed by atoms with Crippen molar-refractivity contribution in [1.29, 1.82) is 0 Å². The van der Waals surface area contributed by atoms with Gasteiger partial charge in [0, 0.05) is 60.5 Å². The third-order valence-corrected chi connectivity index (χ3v) is 6.12. The van der Waals surface area contributed by atoms with Crippen LogP contribution in [0.2, 0.25) is 0 Å². The Balaban J connectivity index is 1.34. The zero-order valence-electron chi connectivity index (χ0n) is 17.9. The first-order valence-corrected chi connectivity index (χ1v) is 11.3. The molecule has 1 fully saturated rings. The van der Waals surface area contributed by atoms with Gasteiger partial charge < -0.3 is 14.5 Å². The molecule has 32 heavy (non-hydrogen) atoms. The van der Waals surface area contributed by atoms with Crippen LogP contribution in [0.15, 0.2) is 69.9 Å². The van der Waals surface area contributed by atoms with E-state index in [1.807, 2.05) is 47.4 Å². The van der Waals surface area contributed by atoms with Crippen molar-refractivity contribution in [3.8, 4) is 17.0 Å². The van der Waals surface area contributed by atoms with Crippen LogP contribution in [-0.4, -0.2) is 53.9 Å². The molecule has 0 saturated carbocycles. The van der Waals surface area contributed by atoms with E-state index in [4.69, 9.17) is 4.74 Å². The molecular formula is C24H25BrN4O3. The fraction of sp³-hybridized carbons (Fsp3) is 0.292. The van der Waals surface area contributed by atoms with E-state index in [1.54, 1.807) is 13.2 Å². The van der Waals surface area contributed by atoms with Crippen LogP contribution in [0.4, 0.5) is 5.69 Å². The van der Waals surface area contributed by atoms with Gasteiger partial charge in [-0.15, -0.1) is 0 Å². The normalized spacial score (nSPS) is 13.8. The summed E-state index contributed by atoms with van der Waals surface area (Å²) in [6.45, 7) is 3.08. The first-order chi connectivity index (χ1) is 15.5. The molecule has 0 bridgehead atoms. The van der Waals surface area contributed by atoms with Gasteiger partial charge in [-0.2, -0.15) is 5.10 Å². The number of hydrogen-bond donors (Lipinski definition) is 0. The van der Waals surface area contributed by atoms with Crippen LogP contribution in [0.25, 0.3) is 11.3 Å². The Morgan fingerprint density at radius 1 is 1.03 bits per heavy atom. The van der Waals surface area contributed by atoms with E-state index in [1.165, 1.54) is 10.7 Å². The molecule has 166 valence electrons. The zero-order valence-corrected chi connectivity index (χ0v) is 19.5. The lowest BCUT2D eigenvalue weighted by molar-refractivity contribution is -0.131. The van der Waals surface area contributed by atoms with Gasteiger partial charge in [-0.25, -0.2) is 4.68 Å². The highest BCUT2D eigenvalue weighted by atomic mass is 79.9. The average Bonchev–Trinajstić information content (AvgIpc) is 2.84. The molecular weight excluding hydrogens is 472 g/mol. The molecule has 0 unspecified atom stereocenters. The van der Waals surface area contributed by atoms with Gasteiger partial charge in [0.25, 0.3) is 5.56 Å². The number of methoxy groups -OCH3 is 1. The highest BCUT2D eigenvalue weighted by Crippen LogP contribution is 2.22. The standard InChI is InChI=1S/C24H25BrN4O3/c1-32-21-4-2-3-20(17-21)27-13-15-28(16-14-27)23(30)11-12-29-24(31)10-9-22(26-29)18-5-7-19(25)8-6-18/h2-10,17H,11-16H2,1H3. The van der Waals surface area contributed by atoms with Gasteiger partial charge in [-0.05, 0) is 30.3 Å². The summed E-state index contributed by atoms with van der Waals surface area (Å²) in [5.74, 6) is 0.863. The van der Waals surface area contributed by atoms with E-state index in [-0.39, 0.29) is 24.4 Å². The van der Waals surface area contributed by atoms with Crippen LogP contribution in [0.3, 0.4) is 0 Å². The first-order valence-electron chi connectivity index (χ1n) is 10.5. The number of rotatable bonds is 6. The van der Waals surface area contributed by atoms with Gasteiger partial charge in [0.05, 0.1) is 19.3 Å². The van der Waals surface area contributed by atoms with Crippen LogP contribution < -0.4 is 15.2 Å². The summed E-state index contributed by atoms with van der Waals surface area (Å²) >= 11 is 3.42. The number of carbonyl (C=O) groups is 1. The third-order valence-electron chi connectivity index (χ3n) is 5.59. The number of piperazine rings is 1. The SMILES string of the molecule is COc1cccc(N2CCN(C(=O)CCn3nc(-c4ccc(Br)cc4)ccc3=O)CC2)c1. The molecule has 7 nitrogen and oxygen atoms in total. The molecule has 0 N–H and O–H groups in total. The Hall–Kier alpha value is -3.13. The van der Waals surface area contributed by atoms with Crippen molar-refractivity contribution in [2.24, 2.45) is 0 Å². The van der Waals surface area contributed by atoms with E-state index in [9.17, 15) is 9.59 Å². The summed E-state index contributed by atoms with van der Waals surface area (Å²) in [5.41, 5.74) is 2.51. The van der Waals surface area contributed by atoms with Gasteiger partial charge in [0.15, 0.2) is 0 Å². The number of amides is 1. The summed E-state index contributed by atoms with van der Waals surface area (Å²) in [7, 11) is 1.66. The van der Waals surface area contributed by atoms with Gasteiger partial charge in [0.2, 0.25) is 5.91 Å². The summed E-state index contributed by atoms with van der Waals surface area (Å²) < 4.78 is 7.66. The molecule has 0 radical (unpaired) electrons. The molecule has 1 saturated heterocycles.